The molecule has 0 aliphatic rings. The molecule has 0 aliphatic carbocycles. The van der Waals surface area contributed by atoms with Crippen molar-refractivity contribution in [3.8, 4) is 0 Å². The van der Waals surface area contributed by atoms with Gasteiger partial charge in [0, 0.05) is 4.75 Å². The van der Waals surface area contributed by atoms with Crippen LogP contribution in [0.3, 0.4) is 0 Å². The first kappa shape index (κ1) is 16.1. The smallest absolute Gasteiger partial charge is 0.321 e. The summed E-state index contributed by atoms with van der Waals surface area (Å²) in [6, 6.07) is 9.59. The molecule has 106 valence electrons. The van der Waals surface area contributed by atoms with E-state index >= 15 is 0 Å². The molecule has 0 unspecified atom stereocenters. The number of aryl methyl sites for hydroxylation is 1. The molecule has 1 aromatic rings. The molecule has 19 heavy (non-hydrogen) atoms. The van der Waals surface area contributed by atoms with Gasteiger partial charge in [-0.25, -0.2) is 0 Å². The molecule has 3 nitrogen and oxygen atoms in total. The zero-order chi connectivity index (χ0) is 14.3. The Kier molecular flexibility index (Phi) is 6.38. The number of nitrogens with two attached hydrogens (primary N) is 1. The van der Waals surface area contributed by atoms with E-state index in [9.17, 15) is 4.79 Å². The van der Waals surface area contributed by atoms with Crippen molar-refractivity contribution in [3.63, 3.8) is 0 Å². The Morgan fingerprint density at radius 2 is 1.95 bits per heavy atom. The Labute approximate surface area is 119 Å². The van der Waals surface area contributed by atoms with Gasteiger partial charge < -0.3 is 10.8 Å². The number of carboxylic acids is 1. The van der Waals surface area contributed by atoms with Gasteiger partial charge in [-0.2, -0.15) is 11.8 Å². The predicted molar refractivity (Wildman–Crippen MR) is 81.5 cm³/mol. The van der Waals surface area contributed by atoms with Crippen molar-refractivity contribution >= 4 is 17.7 Å². The number of benzene rings is 1. The first-order valence-corrected chi connectivity index (χ1v) is 7.58. The second-order valence-corrected chi connectivity index (χ2v) is 6.96. The van der Waals surface area contributed by atoms with E-state index in [4.69, 9.17) is 10.8 Å². The van der Waals surface area contributed by atoms with Crippen LogP contribution >= 0.6 is 11.8 Å². The van der Waals surface area contributed by atoms with E-state index in [1.54, 1.807) is 11.8 Å². The number of hydrogen-bond donors (Lipinski definition) is 2. The summed E-state index contributed by atoms with van der Waals surface area (Å²) in [6.07, 6.45) is 3.28. The molecule has 1 rings (SSSR count). The van der Waals surface area contributed by atoms with Crippen molar-refractivity contribution in [2.45, 2.75) is 43.9 Å². The van der Waals surface area contributed by atoms with Gasteiger partial charge in [-0.1, -0.05) is 30.3 Å². The highest BCUT2D eigenvalue weighted by Crippen LogP contribution is 2.28. The average Bonchev–Trinajstić information content (AvgIpc) is 2.38. The van der Waals surface area contributed by atoms with E-state index in [0.29, 0.717) is 0 Å². The van der Waals surface area contributed by atoms with Crippen molar-refractivity contribution in [1.29, 1.82) is 0 Å². The summed E-state index contributed by atoms with van der Waals surface area (Å²) in [5, 5.41) is 8.93. The Morgan fingerprint density at radius 3 is 2.53 bits per heavy atom. The van der Waals surface area contributed by atoms with E-state index in [1.165, 1.54) is 5.56 Å². The third-order valence-electron chi connectivity index (χ3n) is 3.19. The fourth-order valence-electron chi connectivity index (χ4n) is 1.80. The van der Waals surface area contributed by atoms with Gasteiger partial charge in [-0.05, 0) is 44.4 Å². The van der Waals surface area contributed by atoms with Crippen molar-refractivity contribution in [3.05, 3.63) is 35.9 Å². The third kappa shape index (κ3) is 5.66. The maximum absolute atomic E-state index is 10.9. The van der Waals surface area contributed by atoms with Gasteiger partial charge in [-0.3, -0.25) is 4.79 Å². The molecule has 0 spiro atoms. The largest absolute Gasteiger partial charge is 0.480 e. The minimum absolute atomic E-state index is 0.418. The molecular weight excluding hydrogens is 258 g/mol. The van der Waals surface area contributed by atoms with Crippen molar-refractivity contribution in [1.82, 2.24) is 0 Å². The van der Waals surface area contributed by atoms with E-state index < -0.39 is 16.8 Å². The van der Waals surface area contributed by atoms with Crippen LogP contribution in [0.25, 0.3) is 0 Å². The zero-order valence-electron chi connectivity index (χ0n) is 11.6. The zero-order valence-corrected chi connectivity index (χ0v) is 12.5. The highest BCUT2D eigenvalue weighted by Gasteiger charge is 2.32. The summed E-state index contributed by atoms with van der Waals surface area (Å²) < 4.78 is -0.418. The van der Waals surface area contributed by atoms with Gasteiger partial charge in [0.1, 0.15) is 6.04 Å². The van der Waals surface area contributed by atoms with Gasteiger partial charge in [0.25, 0.3) is 0 Å². The second kappa shape index (κ2) is 7.56. The van der Waals surface area contributed by atoms with Gasteiger partial charge >= 0.3 is 5.97 Å². The summed E-state index contributed by atoms with van der Waals surface area (Å²) in [6.45, 7) is 3.79. The molecule has 0 aromatic heterocycles. The van der Waals surface area contributed by atoms with E-state index in [-0.39, 0.29) is 0 Å². The average molecular weight is 281 g/mol. The van der Waals surface area contributed by atoms with Crippen LogP contribution in [0.2, 0.25) is 0 Å². The minimum atomic E-state index is -0.929. The van der Waals surface area contributed by atoms with Crippen LogP contribution in [-0.2, 0) is 11.2 Å². The third-order valence-corrected chi connectivity index (χ3v) is 4.68. The first-order chi connectivity index (χ1) is 8.93. The van der Waals surface area contributed by atoms with E-state index in [2.05, 4.69) is 24.3 Å². The number of thioether (sulfide) groups is 1. The monoisotopic (exact) mass is 281 g/mol. The summed E-state index contributed by atoms with van der Waals surface area (Å²) in [5.74, 6) is 0.0163. The molecule has 1 atom stereocenters. The van der Waals surface area contributed by atoms with E-state index in [0.717, 1.165) is 25.0 Å². The molecule has 0 radical (unpaired) electrons. The van der Waals surface area contributed by atoms with Crippen LogP contribution in [-0.4, -0.2) is 27.6 Å². The fraction of sp³-hybridized carbons (Fsp3) is 0.533. The summed E-state index contributed by atoms with van der Waals surface area (Å²) in [7, 11) is 0. The fourth-order valence-corrected chi connectivity index (χ4v) is 2.95. The standard InChI is InChI=1S/C15H23NO2S/c1-15(2,13(16)14(17)18)19-11-7-6-10-12-8-4-3-5-9-12/h3-5,8-9,13H,6-7,10-11,16H2,1-2H3,(H,17,18)/t13-/m0/s1. The van der Waals surface area contributed by atoms with E-state index in [1.807, 2.05) is 19.9 Å². The first-order valence-electron chi connectivity index (χ1n) is 6.60. The lowest BCUT2D eigenvalue weighted by atomic mass is 10.1. The van der Waals surface area contributed by atoms with Crippen LogP contribution in [0.5, 0.6) is 0 Å². The maximum Gasteiger partial charge on any atom is 0.321 e. The molecule has 0 aliphatic heterocycles. The molecule has 3 N–H and O–H groups in total. The molecule has 0 heterocycles. The number of unbranched alkanes of at least 4 members (excludes halogenated alkanes) is 1. The summed E-state index contributed by atoms with van der Waals surface area (Å²) >= 11 is 1.64. The Morgan fingerprint density at radius 1 is 1.32 bits per heavy atom. The summed E-state index contributed by atoms with van der Waals surface area (Å²) in [4.78, 5) is 10.9. The van der Waals surface area contributed by atoms with Crippen molar-refractivity contribution in [2.24, 2.45) is 5.73 Å². The Hall–Kier alpha value is -1.00. The Bertz CT molecular complexity index is 392. The molecular formula is C15H23NO2S. The molecule has 0 saturated carbocycles. The number of aliphatic carboxylic acids is 1. The summed E-state index contributed by atoms with van der Waals surface area (Å²) in [5.41, 5.74) is 7.04. The molecule has 0 bridgehead atoms. The van der Waals surface area contributed by atoms with Crippen molar-refractivity contribution < 1.29 is 9.90 Å². The highest BCUT2D eigenvalue weighted by atomic mass is 32.2. The van der Waals surface area contributed by atoms with Crippen molar-refractivity contribution in [2.75, 3.05) is 5.75 Å². The SMILES string of the molecule is CC(C)(SCCCCc1ccccc1)[C@@H](N)C(=O)O. The van der Waals surface area contributed by atoms with Crippen LogP contribution in [0, 0.1) is 0 Å². The maximum atomic E-state index is 10.9. The molecule has 0 saturated heterocycles. The highest BCUT2D eigenvalue weighted by molar-refractivity contribution is 8.00. The quantitative estimate of drug-likeness (QED) is 0.719. The normalized spacial score (nSPS) is 13.2. The lowest BCUT2D eigenvalue weighted by Crippen LogP contribution is -2.46. The lowest BCUT2D eigenvalue weighted by molar-refractivity contribution is -0.139. The van der Waals surface area contributed by atoms with Crippen LogP contribution in [0.15, 0.2) is 30.3 Å². The molecule has 0 fully saturated rings. The molecule has 1 aromatic carbocycles. The number of carbonyl (C=O) groups is 1. The lowest BCUT2D eigenvalue weighted by Gasteiger charge is -2.27. The second-order valence-electron chi connectivity index (χ2n) is 5.21. The van der Waals surface area contributed by atoms with Crippen LogP contribution in [0.4, 0.5) is 0 Å². The van der Waals surface area contributed by atoms with Gasteiger partial charge in [0.2, 0.25) is 0 Å². The van der Waals surface area contributed by atoms with Gasteiger partial charge in [-0.15, -0.1) is 0 Å². The minimum Gasteiger partial charge on any atom is -0.480 e. The molecule has 0 amide bonds. The number of hydrogen-bond acceptors (Lipinski definition) is 3. The van der Waals surface area contributed by atoms with Gasteiger partial charge in [0.05, 0.1) is 0 Å². The van der Waals surface area contributed by atoms with Gasteiger partial charge in [0.15, 0.2) is 0 Å². The number of carboxylic acid groups (broad SMARTS) is 1. The number of rotatable bonds is 8. The predicted octanol–water partition coefficient (Wildman–Crippen LogP) is 2.93. The van der Waals surface area contributed by atoms with Crippen LogP contribution in [0.1, 0.15) is 32.3 Å². The topological polar surface area (TPSA) is 63.3 Å². The Balaban J connectivity index is 2.22. The van der Waals surface area contributed by atoms with Crippen LogP contribution < -0.4 is 5.73 Å². The molecule has 4 heteroatoms.